The summed E-state index contributed by atoms with van der Waals surface area (Å²) < 4.78 is 2.41. The van der Waals surface area contributed by atoms with Gasteiger partial charge in [-0.15, -0.1) is 0 Å². The van der Waals surface area contributed by atoms with Crippen LogP contribution in [0.4, 0.5) is 0 Å². The van der Waals surface area contributed by atoms with Gasteiger partial charge in [0.05, 0.1) is 16.7 Å². The van der Waals surface area contributed by atoms with E-state index < -0.39 is 7.92 Å². The number of benzene rings is 5. The molecule has 2 nitrogen and oxygen atoms in total. The smallest absolute Gasteiger partial charge is 0.0740 e. The zero-order chi connectivity index (χ0) is 35.1. The summed E-state index contributed by atoms with van der Waals surface area (Å²) in [5, 5.41) is 7.00. The lowest BCUT2D eigenvalue weighted by atomic mass is 9.89. The Labute approximate surface area is 294 Å². The fourth-order valence-electron chi connectivity index (χ4n) is 7.52. The minimum atomic E-state index is -0.446. The number of nitrogens with zero attached hydrogens (tertiary/aromatic N) is 2. The number of aromatic nitrogens is 2. The second kappa shape index (κ2) is 13.8. The summed E-state index contributed by atoms with van der Waals surface area (Å²) in [6.45, 7) is 22.4. The molecular formula is C46H49N2P. The van der Waals surface area contributed by atoms with Gasteiger partial charge in [0.1, 0.15) is 0 Å². The van der Waals surface area contributed by atoms with Crippen molar-refractivity contribution in [2.24, 2.45) is 7.05 Å². The van der Waals surface area contributed by atoms with Crippen LogP contribution in [0.2, 0.25) is 0 Å². The summed E-state index contributed by atoms with van der Waals surface area (Å²) in [5.41, 5.74) is 18.5. The second-order valence-corrected chi connectivity index (χ2v) is 15.9. The average Bonchev–Trinajstić information content (AvgIpc) is 3.44. The van der Waals surface area contributed by atoms with Gasteiger partial charge in [-0.05, 0) is 149 Å². The molecule has 0 amide bonds. The standard InChI is InChI=1S/C28H34N2.C18H15P/c1-13-12-23(26-19(7)16(4)17(5)22(10)29-26)21(9)25-24-18(6)14(2)15(3)20(8)28(24)30(11)27(13)25;1-4-10-16(11-5-1)19(17-12-6-2-7-13-17)18-14-8-3-9-15-18/h12H,1-11H3;1-15H. The number of hydrogen-bond acceptors (Lipinski definition) is 1. The van der Waals surface area contributed by atoms with E-state index in [1.54, 1.807) is 0 Å². The molecule has 0 aliphatic rings. The molecule has 7 aromatic rings. The van der Waals surface area contributed by atoms with Gasteiger partial charge in [-0.2, -0.15) is 0 Å². The van der Waals surface area contributed by atoms with Gasteiger partial charge >= 0.3 is 0 Å². The number of aryl methyl sites for hydroxylation is 6. The molecule has 3 heteroatoms. The van der Waals surface area contributed by atoms with Gasteiger partial charge in [-0.25, -0.2) is 0 Å². The Kier molecular flexibility index (Phi) is 9.65. The molecule has 0 saturated carbocycles. The van der Waals surface area contributed by atoms with Crippen LogP contribution in [0.25, 0.3) is 33.1 Å². The van der Waals surface area contributed by atoms with Crippen molar-refractivity contribution in [2.45, 2.75) is 69.2 Å². The van der Waals surface area contributed by atoms with Gasteiger partial charge < -0.3 is 4.57 Å². The van der Waals surface area contributed by atoms with Crippen molar-refractivity contribution >= 4 is 45.6 Å². The zero-order valence-electron chi connectivity index (χ0n) is 31.1. The highest BCUT2D eigenvalue weighted by molar-refractivity contribution is 7.79. The van der Waals surface area contributed by atoms with E-state index in [1.165, 1.54) is 93.4 Å². The van der Waals surface area contributed by atoms with Gasteiger partial charge in [0, 0.05) is 29.1 Å². The first kappa shape index (κ1) is 34.3. The fraction of sp³-hybridized carbons (Fsp3) is 0.239. The van der Waals surface area contributed by atoms with E-state index in [2.05, 4.69) is 178 Å². The molecule has 248 valence electrons. The van der Waals surface area contributed by atoms with Crippen molar-refractivity contribution in [1.29, 1.82) is 0 Å². The Balaban J connectivity index is 0.000000188. The molecule has 0 N–H and O–H groups in total. The maximum atomic E-state index is 5.06. The highest BCUT2D eigenvalue weighted by atomic mass is 31.1. The third kappa shape index (κ3) is 6.02. The fourth-order valence-corrected chi connectivity index (χ4v) is 9.83. The van der Waals surface area contributed by atoms with Crippen molar-refractivity contribution in [2.75, 3.05) is 0 Å². The van der Waals surface area contributed by atoms with Crippen molar-refractivity contribution in [3.8, 4) is 11.3 Å². The quantitative estimate of drug-likeness (QED) is 0.172. The minimum absolute atomic E-state index is 0.446. The van der Waals surface area contributed by atoms with Gasteiger partial charge in [-0.3, -0.25) is 4.98 Å². The molecule has 49 heavy (non-hydrogen) atoms. The van der Waals surface area contributed by atoms with E-state index in [0.29, 0.717) is 0 Å². The summed E-state index contributed by atoms with van der Waals surface area (Å²) in [6.07, 6.45) is 0. The third-order valence-corrected chi connectivity index (χ3v) is 13.4. The van der Waals surface area contributed by atoms with Gasteiger partial charge in [0.2, 0.25) is 0 Å². The van der Waals surface area contributed by atoms with Crippen LogP contribution in [0.3, 0.4) is 0 Å². The largest absolute Gasteiger partial charge is 0.343 e. The van der Waals surface area contributed by atoms with Crippen LogP contribution in [0.15, 0.2) is 97.1 Å². The Morgan fingerprint density at radius 3 is 1.37 bits per heavy atom. The normalized spacial score (nSPS) is 11.3. The first-order valence-corrected chi connectivity index (χ1v) is 18.7. The van der Waals surface area contributed by atoms with Gasteiger partial charge in [-0.1, -0.05) is 91.0 Å². The Hall–Kier alpha value is -4.52. The Bertz CT molecular complexity index is 2220. The van der Waals surface area contributed by atoms with Crippen LogP contribution in [-0.2, 0) is 7.05 Å². The molecule has 2 heterocycles. The summed E-state index contributed by atoms with van der Waals surface area (Å²) >= 11 is 0. The molecule has 2 aromatic heterocycles. The maximum Gasteiger partial charge on any atom is 0.0740 e. The maximum absolute atomic E-state index is 5.06. The molecule has 0 spiro atoms. The van der Waals surface area contributed by atoms with Crippen LogP contribution >= 0.6 is 7.92 Å². The Morgan fingerprint density at radius 1 is 0.449 bits per heavy atom. The molecule has 0 fully saturated rings. The molecule has 0 atom stereocenters. The molecule has 0 aliphatic heterocycles. The van der Waals surface area contributed by atoms with E-state index in [0.717, 1.165) is 11.4 Å². The lowest BCUT2D eigenvalue weighted by Crippen LogP contribution is -2.20. The van der Waals surface area contributed by atoms with Crippen LogP contribution < -0.4 is 15.9 Å². The van der Waals surface area contributed by atoms with Crippen molar-refractivity contribution in [1.82, 2.24) is 9.55 Å². The molecule has 0 saturated heterocycles. The van der Waals surface area contributed by atoms with Crippen LogP contribution in [-0.4, -0.2) is 9.55 Å². The molecular weight excluding hydrogens is 611 g/mol. The summed E-state index contributed by atoms with van der Waals surface area (Å²) in [7, 11) is 1.78. The predicted octanol–water partition coefficient (Wildman–Crippen LogP) is 10.9. The molecule has 0 radical (unpaired) electrons. The summed E-state index contributed by atoms with van der Waals surface area (Å²) in [4.78, 5) is 5.06. The van der Waals surface area contributed by atoms with Gasteiger partial charge in [0.15, 0.2) is 0 Å². The van der Waals surface area contributed by atoms with E-state index in [1.807, 2.05) is 0 Å². The van der Waals surface area contributed by atoms with E-state index in [-0.39, 0.29) is 0 Å². The monoisotopic (exact) mass is 660 g/mol. The lowest BCUT2D eigenvalue weighted by Gasteiger charge is -2.18. The first-order valence-electron chi connectivity index (χ1n) is 17.3. The topological polar surface area (TPSA) is 17.8 Å². The second-order valence-electron chi connectivity index (χ2n) is 13.6. The van der Waals surface area contributed by atoms with Gasteiger partial charge in [0.25, 0.3) is 0 Å². The number of fused-ring (bicyclic) bond motifs is 3. The van der Waals surface area contributed by atoms with E-state index in [4.69, 9.17) is 4.98 Å². The first-order chi connectivity index (χ1) is 23.4. The van der Waals surface area contributed by atoms with Crippen LogP contribution in [0.5, 0.6) is 0 Å². The molecule has 0 bridgehead atoms. The van der Waals surface area contributed by atoms with Crippen LogP contribution in [0, 0.1) is 69.2 Å². The molecule has 5 aromatic carbocycles. The zero-order valence-corrected chi connectivity index (χ0v) is 32.0. The molecule has 7 rings (SSSR count). The lowest BCUT2D eigenvalue weighted by molar-refractivity contribution is 0.997. The van der Waals surface area contributed by atoms with E-state index in [9.17, 15) is 0 Å². The molecule has 0 unspecified atom stereocenters. The molecule has 0 aliphatic carbocycles. The summed E-state index contributed by atoms with van der Waals surface area (Å²) in [5.74, 6) is 0. The van der Waals surface area contributed by atoms with Crippen molar-refractivity contribution in [3.63, 3.8) is 0 Å². The number of pyridine rings is 1. The summed E-state index contributed by atoms with van der Waals surface area (Å²) in [6, 6.07) is 34.7. The number of hydrogen-bond donors (Lipinski definition) is 0. The van der Waals surface area contributed by atoms with Crippen LogP contribution in [0.1, 0.15) is 55.8 Å². The SMILES string of the molecule is Cc1nc(-c2cc(C)c3c(c2C)c2c(C)c(C)c(C)c(C)c2n3C)c(C)c(C)c1C.c1ccc(P(c2ccccc2)c2ccccc2)cc1. The van der Waals surface area contributed by atoms with Crippen molar-refractivity contribution in [3.05, 3.63) is 153 Å². The highest BCUT2D eigenvalue weighted by Crippen LogP contribution is 2.43. The Morgan fingerprint density at radius 2 is 0.878 bits per heavy atom. The minimum Gasteiger partial charge on any atom is -0.343 e. The average molecular weight is 661 g/mol. The van der Waals surface area contributed by atoms with E-state index >= 15 is 0 Å². The predicted molar refractivity (Wildman–Crippen MR) is 216 cm³/mol. The third-order valence-electron chi connectivity index (χ3n) is 10.9. The highest BCUT2D eigenvalue weighted by Gasteiger charge is 2.23. The van der Waals surface area contributed by atoms with Crippen molar-refractivity contribution < 1.29 is 0 Å². The number of rotatable bonds is 4.